The minimum atomic E-state index is -0.474. The minimum Gasteiger partial charge on any atom is -0.396 e. The average molecular weight is 300 g/mol. The van der Waals surface area contributed by atoms with Crippen molar-refractivity contribution in [3.63, 3.8) is 0 Å². The Bertz CT molecular complexity index is 508. The molecule has 0 saturated carbocycles. The number of aliphatic hydroxyl groups excluding tert-OH is 1. The van der Waals surface area contributed by atoms with Crippen LogP contribution in [0.25, 0.3) is 0 Å². The first kappa shape index (κ1) is 15.3. The molecular weight excluding hydrogens is 288 g/mol. The van der Waals surface area contributed by atoms with E-state index in [2.05, 4.69) is 22.7 Å². The number of nitro benzene ring substituents is 1. The molecule has 1 aromatic carbocycles. The molecule has 0 fully saturated rings. The van der Waals surface area contributed by atoms with Crippen molar-refractivity contribution in [3.05, 3.63) is 33.9 Å². The highest BCUT2D eigenvalue weighted by Crippen LogP contribution is 2.29. The fourth-order valence-electron chi connectivity index (χ4n) is 1.21. The number of benzene rings is 1. The van der Waals surface area contributed by atoms with Gasteiger partial charge in [0.1, 0.15) is 0 Å². The van der Waals surface area contributed by atoms with Gasteiger partial charge in [-0.25, -0.2) is 0 Å². The molecule has 0 aliphatic carbocycles. The van der Waals surface area contributed by atoms with Crippen molar-refractivity contribution in [2.75, 3.05) is 12.4 Å². The van der Waals surface area contributed by atoms with Crippen LogP contribution < -0.4 is 11.2 Å². The van der Waals surface area contributed by atoms with E-state index in [0.29, 0.717) is 16.2 Å². The molecule has 102 valence electrons. The van der Waals surface area contributed by atoms with Gasteiger partial charge in [0.15, 0.2) is 5.11 Å². The Balaban J connectivity index is 2.92. The molecule has 4 N–H and O–H groups in total. The Morgan fingerprint density at radius 3 is 3.00 bits per heavy atom. The molecule has 0 aliphatic rings. The zero-order valence-corrected chi connectivity index (χ0v) is 11.4. The van der Waals surface area contributed by atoms with Gasteiger partial charge in [-0.3, -0.25) is 15.5 Å². The van der Waals surface area contributed by atoms with Gasteiger partial charge in [-0.2, -0.15) is 5.10 Å². The van der Waals surface area contributed by atoms with Gasteiger partial charge >= 0.3 is 0 Å². The summed E-state index contributed by atoms with van der Waals surface area (Å²) in [6.07, 6.45) is 1.38. The Labute approximate surface area is 119 Å². The SMILES string of the molecule is NC(=S)NN=Cc1ccc(SCCO)c([N+](=O)[O-])c1. The summed E-state index contributed by atoms with van der Waals surface area (Å²) < 4.78 is 0. The monoisotopic (exact) mass is 300 g/mol. The normalized spacial score (nSPS) is 10.6. The summed E-state index contributed by atoms with van der Waals surface area (Å²) >= 11 is 5.78. The largest absolute Gasteiger partial charge is 0.396 e. The minimum absolute atomic E-state index is 0.0147. The van der Waals surface area contributed by atoms with E-state index in [1.807, 2.05) is 0 Å². The second-order valence-electron chi connectivity index (χ2n) is 3.29. The van der Waals surface area contributed by atoms with Crippen LogP contribution in [0.15, 0.2) is 28.2 Å². The molecule has 7 nitrogen and oxygen atoms in total. The third kappa shape index (κ3) is 5.20. The van der Waals surface area contributed by atoms with Gasteiger partial charge in [0.2, 0.25) is 0 Å². The third-order valence-electron chi connectivity index (χ3n) is 1.92. The van der Waals surface area contributed by atoms with Gasteiger partial charge in [0.25, 0.3) is 5.69 Å². The predicted octanol–water partition coefficient (Wildman–Crippen LogP) is 0.846. The number of thioether (sulfide) groups is 1. The quantitative estimate of drug-likeness (QED) is 0.234. The Hall–Kier alpha value is -1.71. The van der Waals surface area contributed by atoms with Crippen molar-refractivity contribution in [1.29, 1.82) is 0 Å². The Kier molecular flexibility index (Phi) is 6.19. The molecule has 9 heteroatoms. The fourth-order valence-corrected chi connectivity index (χ4v) is 2.01. The average Bonchev–Trinajstić information content (AvgIpc) is 2.36. The maximum atomic E-state index is 10.9. The maximum Gasteiger partial charge on any atom is 0.283 e. The highest BCUT2D eigenvalue weighted by atomic mass is 32.2. The third-order valence-corrected chi connectivity index (χ3v) is 3.05. The molecule has 0 unspecified atom stereocenters. The zero-order valence-electron chi connectivity index (χ0n) is 9.78. The summed E-state index contributed by atoms with van der Waals surface area (Å²) in [6, 6.07) is 4.68. The molecule has 0 saturated heterocycles. The van der Waals surface area contributed by atoms with Gasteiger partial charge in [-0.05, 0) is 18.3 Å². The van der Waals surface area contributed by atoms with E-state index in [0.717, 1.165) is 0 Å². The molecule has 0 heterocycles. The van der Waals surface area contributed by atoms with Crippen LogP contribution in [0, 0.1) is 10.1 Å². The van der Waals surface area contributed by atoms with Crippen molar-refractivity contribution < 1.29 is 10.0 Å². The van der Waals surface area contributed by atoms with Gasteiger partial charge in [-0.1, -0.05) is 6.07 Å². The van der Waals surface area contributed by atoms with Crippen LogP contribution >= 0.6 is 24.0 Å². The molecule has 0 amide bonds. The lowest BCUT2D eigenvalue weighted by Gasteiger charge is -2.02. The van der Waals surface area contributed by atoms with E-state index < -0.39 is 4.92 Å². The highest BCUT2D eigenvalue weighted by molar-refractivity contribution is 7.99. The number of hydrogen-bond donors (Lipinski definition) is 3. The zero-order chi connectivity index (χ0) is 14.3. The number of nitrogens with zero attached hydrogens (tertiary/aromatic N) is 2. The van der Waals surface area contributed by atoms with Gasteiger partial charge < -0.3 is 10.8 Å². The molecule has 1 rings (SSSR count). The van der Waals surface area contributed by atoms with Crippen LogP contribution in [0.2, 0.25) is 0 Å². The van der Waals surface area contributed by atoms with Crippen molar-refractivity contribution in [3.8, 4) is 0 Å². The topological polar surface area (TPSA) is 114 Å². The number of nitrogens with one attached hydrogen (secondary N) is 1. The summed E-state index contributed by atoms with van der Waals surface area (Å²) in [5.41, 5.74) is 8.06. The van der Waals surface area contributed by atoms with Crippen LogP contribution in [0.1, 0.15) is 5.56 Å². The molecule has 19 heavy (non-hydrogen) atoms. The van der Waals surface area contributed by atoms with Crippen molar-refractivity contribution >= 4 is 41.0 Å². The van der Waals surface area contributed by atoms with Crippen LogP contribution in [-0.2, 0) is 0 Å². The lowest BCUT2D eigenvalue weighted by molar-refractivity contribution is -0.387. The number of hydrazone groups is 1. The van der Waals surface area contributed by atoms with Gasteiger partial charge in [0, 0.05) is 17.4 Å². The van der Waals surface area contributed by atoms with Crippen LogP contribution in [0.5, 0.6) is 0 Å². The van der Waals surface area contributed by atoms with Crippen molar-refractivity contribution in [1.82, 2.24) is 5.43 Å². The number of hydrogen-bond acceptors (Lipinski definition) is 6. The summed E-state index contributed by atoms with van der Waals surface area (Å²) in [7, 11) is 0. The number of thiocarbonyl (C=S) groups is 1. The van der Waals surface area contributed by atoms with Crippen molar-refractivity contribution in [2.45, 2.75) is 4.90 Å². The van der Waals surface area contributed by atoms with E-state index in [1.54, 1.807) is 12.1 Å². The standard InChI is InChI=1S/C10H12N4O3S2/c11-10(18)13-12-6-7-1-2-9(19-4-3-15)8(5-7)14(16)17/h1-2,5-6,15H,3-4H2,(H3,11,13,18). The smallest absolute Gasteiger partial charge is 0.283 e. The first-order valence-corrected chi connectivity index (χ1v) is 6.54. The van der Waals surface area contributed by atoms with Crippen LogP contribution in [0.4, 0.5) is 5.69 Å². The second kappa shape index (κ2) is 7.67. The second-order valence-corrected chi connectivity index (χ2v) is 4.87. The lowest BCUT2D eigenvalue weighted by atomic mass is 10.2. The van der Waals surface area contributed by atoms with Crippen LogP contribution in [0.3, 0.4) is 0 Å². The molecule has 0 bridgehead atoms. The molecule has 0 aliphatic heterocycles. The molecular formula is C10H12N4O3S2. The first-order valence-electron chi connectivity index (χ1n) is 5.15. The van der Waals surface area contributed by atoms with Crippen LogP contribution in [-0.4, -0.2) is 33.7 Å². The predicted molar refractivity (Wildman–Crippen MR) is 78.4 cm³/mol. The first-order chi connectivity index (χ1) is 9.04. The molecule has 0 radical (unpaired) electrons. The molecule has 0 aromatic heterocycles. The Morgan fingerprint density at radius 2 is 2.42 bits per heavy atom. The Morgan fingerprint density at radius 1 is 1.68 bits per heavy atom. The number of nitrogens with two attached hydrogens (primary N) is 1. The lowest BCUT2D eigenvalue weighted by Crippen LogP contribution is -2.23. The van der Waals surface area contributed by atoms with Gasteiger partial charge in [-0.15, -0.1) is 11.8 Å². The molecule has 1 aromatic rings. The molecule has 0 spiro atoms. The maximum absolute atomic E-state index is 10.9. The summed E-state index contributed by atoms with van der Waals surface area (Å²) in [4.78, 5) is 11.0. The van der Waals surface area contributed by atoms with E-state index in [4.69, 9.17) is 10.8 Å². The summed E-state index contributed by atoms with van der Waals surface area (Å²) in [5, 5.41) is 23.4. The van der Waals surface area contributed by atoms with Crippen molar-refractivity contribution in [2.24, 2.45) is 10.8 Å². The van der Waals surface area contributed by atoms with E-state index in [9.17, 15) is 10.1 Å². The van der Waals surface area contributed by atoms with E-state index >= 15 is 0 Å². The number of nitro groups is 1. The highest BCUT2D eigenvalue weighted by Gasteiger charge is 2.14. The summed E-state index contributed by atoms with van der Waals surface area (Å²) in [6.45, 7) is -0.0388. The molecule has 0 atom stereocenters. The van der Waals surface area contributed by atoms with E-state index in [-0.39, 0.29) is 17.4 Å². The fraction of sp³-hybridized carbons (Fsp3) is 0.200. The van der Waals surface area contributed by atoms with Gasteiger partial charge in [0.05, 0.1) is 22.6 Å². The summed E-state index contributed by atoms with van der Waals surface area (Å²) in [5.74, 6) is 0.400. The number of rotatable bonds is 6. The van der Waals surface area contributed by atoms with E-state index in [1.165, 1.54) is 24.0 Å². The number of aliphatic hydroxyl groups is 1.